The van der Waals surface area contributed by atoms with Gasteiger partial charge in [-0.3, -0.25) is 4.79 Å². The van der Waals surface area contributed by atoms with Crippen LogP contribution in [0.1, 0.15) is 33.6 Å². The second kappa shape index (κ2) is 3.24. The van der Waals surface area contributed by atoms with Crippen LogP contribution >= 0.6 is 0 Å². The van der Waals surface area contributed by atoms with Crippen molar-refractivity contribution >= 4 is 5.91 Å². The molecule has 1 N–H and O–H groups in total. The first kappa shape index (κ1) is 8.57. The summed E-state index contributed by atoms with van der Waals surface area (Å²) in [5, 5.41) is 3.00. The zero-order valence-electron chi connectivity index (χ0n) is 7.55. The summed E-state index contributed by atoms with van der Waals surface area (Å²) >= 11 is 0. The summed E-state index contributed by atoms with van der Waals surface area (Å²) in [6.07, 6.45) is 2.58. The maximum atomic E-state index is 11.2. The van der Waals surface area contributed by atoms with Gasteiger partial charge in [0, 0.05) is 12.0 Å². The molecule has 1 saturated carbocycles. The van der Waals surface area contributed by atoms with E-state index in [4.69, 9.17) is 0 Å². The van der Waals surface area contributed by atoms with Gasteiger partial charge in [-0.15, -0.1) is 0 Å². The molecule has 0 spiro atoms. The van der Waals surface area contributed by atoms with Crippen molar-refractivity contribution < 1.29 is 4.79 Å². The van der Waals surface area contributed by atoms with Gasteiger partial charge in [0.25, 0.3) is 0 Å². The van der Waals surface area contributed by atoms with Crippen LogP contribution in [0.15, 0.2) is 0 Å². The zero-order chi connectivity index (χ0) is 8.43. The molecule has 1 aliphatic rings. The molecular formula is C9H17NO. The largest absolute Gasteiger partial charge is 0.353 e. The summed E-state index contributed by atoms with van der Waals surface area (Å²) in [6.45, 7) is 5.95. The molecule has 0 aliphatic heterocycles. The van der Waals surface area contributed by atoms with Gasteiger partial charge in [0.05, 0.1) is 0 Å². The molecule has 1 aliphatic carbocycles. The first-order chi connectivity index (χ1) is 5.11. The fourth-order valence-corrected chi connectivity index (χ4v) is 1.11. The second-order valence-electron chi connectivity index (χ2n) is 3.79. The lowest BCUT2D eigenvalue weighted by molar-refractivity contribution is -0.124. The molecule has 1 fully saturated rings. The van der Waals surface area contributed by atoms with E-state index >= 15 is 0 Å². The molecule has 2 nitrogen and oxygen atoms in total. The van der Waals surface area contributed by atoms with Gasteiger partial charge in [-0.2, -0.15) is 0 Å². The van der Waals surface area contributed by atoms with E-state index in [1.54, 1.807) is 0 Å². The molecule has 2 heteroatoms. The lowest BCUT2D eigenvalue weighted by atomic mass is 10.1. The molecule has 11 heavy (non-hydrogen) atoms. The van der Waals surface area contributed by atoms with Crippen molar-refractivity contribution in [3.05, 3.63) is 0 Å². The summed E-state index contributed by atoms with van der Waals surface area (Å²) in [7, 11) is 0. The Kier molecular flexibility index (Phi) is 2.53. The number of nitrogens with one attached hydrogen (secondary N) is 1. The van der Waals surface area contributed by atoms with Crippen LogP contribution in [0.2, 0.25) is 0 Å². The Morgan fingerprint density at radius 2 is 1.91 bits per heavy atom. The molecule has 0 radical (unpaired) electrons. The number of rotatable bonds is 3. The number of carbonyl (C=O) groups excluding carboxylic acids is 1. The van der Waals surface area contributed by atoms with Gasteiger partial charge in [0.15, 0.2) is 0 Å². The van der Waals surface area contributed by atoms with Crippen molar-refractivity contribution in [2.45, 2.75) is 39.7 Å². The van der Waals surface area contributed by atoms with E-state index in [0.29, 0.717) is 6.04 Å². The van der Waals surface area contributed by atoms with Gasteiger partial charge >= 0.3 is 0 Å². The minimum atomic E-state index is 0.121. The predicted octanol–water partition coefficient (Wildman–Crippen LogP) is 1.56. The van der Waals surface area contributed by atoms with Gasteiger partial charge < -0.3 is 5.32 Å². The van der Waals surface area contributed by atoms with Gasteiger partial charge in [-0.1, -0.05) is 13.8 Å². The predicted molar refractivity (Wildman–Crippen MR) is 45.2 cm³/mol. The Labute approximate surface area is 68.4 Å². The van der Waals surface area contributed by atoms with Gasteiger partial charge in [0.1, 0.15) is 0 Å². The topological polar surface area (TPSA) is 29.1 Å². The summed E-state index contributed by atoms with van der Waals surface area (Å²) < 4.78 is 0. The van der Waals surface area contributed by atoms with Crippen LogP contribution in [0.25, 0.3) is 0 Å². The van der Waals surface area contributed by atoms with Crippen molar-refractivity contribution in [1.82, 2.24) is 5.32 Å². The van der Waals surface area contributed by atoms with E-state index in [0.717, 1.165) is 5.92 Å². The maximum Gasteiger partial charge on any atom is 0.222 e. The standard InChI is InChI=1S/C9H17NO/c1-6(2)9(11)10-7(3)8-4-5-8/h6-8H,4-5H2,1-3H3,(H,10,11)/t7-/m0/s1. The quantitative estimate of drug-likeness (QED) is 0.658. The molecule has 1 atom stereocenters. The van der Waals surface area contributed by atoms with Crippen LogP contribution in [0, 0.1) is 11.8 Å². The molecule has 0 aromatic carbocycles. The maximum absolute atomic E-state index is 11.2. The first-order valence-corrected chi connectivity index (χ1v) is 4.41. The number of amides is 1. The van der Waals surface area contributed by atoms with E-state index in [9.17, 15) is 4.79 Å². The number of hydrogen-bond acceptors (Lipinski definition) is 1. The summed E-state index contributed by atoms with van der Waals surface area (Å²) in [6, 6.07) is 0.393. The highest BCUT2D eigenvalue weighted by Gasteiger charge is 2.29. The van der Waals surface area contributed by atoms with Crippen LogP contribution < -0.4 is 5.32 Å². The molecule has 1 rings (SSSR count). The third-order valence-electron chi connectivity index (χ3n) is 2.22. The molecule has 0 aromatic heterocycles. The molecule has 0 unspecified atom stereocenters. The van der Waals surface area contributed by atoms with E-state index in [1.165, 1.54) is 12.8 Å². The van der Waals surface area contributed by atoms with Gasteiger partial charge in [-0.25, -0.2) is 0 Å². The molecular weight excluding hydrogens is 138 g/mol. The number of hydrogen-bond donors (Lipinski definition) is 1. The average molecular weight is 155 g/mol. The van der Waals surface area contributed by atoms with Crippen LogP contribution in [0.5, 0.6) is 0 Å². The first-order valence-electron chi connectivity index (χ1n) is 4.41. The Morgan fingerprint density at radius 3 is 2.27 bits per heavy atom. The molecule has 1 amide bonds. The van der Waals surface area contributed by atoms with Crippen LogP contribution in [-0.2, 0) is 4.79 Å². The zero-order valence-corrected chi connectivity index (χ0v) is 7.55. The van der Waals surface area contributed by atoms with Crippen molar-refractivity contribution in [2.24, 2.45) is 11.8 Å². The van der Waals surface area contributed by atoms with Crippen molar-refractivity contribution in [3.63, 3.8) is 0 Å². The van der Waals surface area contributed by atoms with Gasteiger partial charge in [0.2, 0.25) is 5.91 Å². The Bertz CT molecular complexity index is 150. The van der Waals surface area contributed by atoms with E-state index in [2.05, 4.69) is 12.2 Å². The molecule has 0 aromatic rings. The fourth-order valence-electron chi connectivity index (χ4n) is 1.11. The normalized spacial score (nSPS) is 20.0. The average Bonchev–Trinajstić information content (AvgIpc) is 2.67. The molecule has 0 bridgehead atoms. The smallest absolute Gasteiger partial charge is 0.222 e. The van der Waals surface area contributed by atoms with Crippen molar-refractivity contribution in [2.75, 3.05) is 0 Å². The fraction of sp³-hybridized carbons (Fsp3) is 0.889. The summed E-state index contributed by atoms with van der Waals surface area (Å²) in [5.74, 6) is 1.07. The Balaban J connectivity index is 2.23. The minimum Gasteiger partial charge on any atom is -0.353 e. The van der Waals surface area contributed by atoms with Crippen LogP contribution in [0.4, 0.5) is 0 Å². The van der Waals surface area contributed by atoms with Crippen LogP contribution in [0.3, 0.4) is 0 Å². The third-order valence-corrected chi connectivity index (χ3v) is 2.22. The summed E-state index contributed by atoms with van der Waals surface area (Å²) in [5.41, 5.74) is 0. The number of carbonyl (C=O) groups is 1. The van der Waals surface area contributed by atoms with Crippen molar-refractivity contribution in [1.29, 1.82) is 0 Å². The SMILES string of the molecule is CC(C)C(=O)N[C@@H](C)C1CC1. The highest BCUT2D eigenvalue weighted by Crippen LogP contribution is 2.32. The van der Waals surface area contributed by atoms with E-state index in [1.807, 2.05) is 13.8 Å². The van der Waals surface area contributed by atoms with Crippen molar-refractivity contribution in [3.8, 4) is 0 Å². The molecule has 64 valence electrons. The minimum absolute atomic E-state index is 0.121. The lowest BCUT2D eigenvalue weighted by Gasteiger charge is -2.14. The second-order valence-corrected chi connectivity index (χ2v) is 3.79. The highest BCUT2D eigenvalue weighted by atomic mass is 16.1. The van der Waals surface area contributed by atoms with E-state index in [-0.39, 0.29) is 11.8 Å². The van der Waals surface area contributed by atoms with Crippen LogP contribution in [-0.4, -0.2) is 11.9 Å². The Hall–Kier alpha value is -0.530. The Morgan fingerprint density at radius 1 is 1.36 bits per heavy atom. The summed E-state index contributed by atoms with van der Waals surface area (Å²) in [4.78, 5) is 11.2. The van der Waals surface area contributed by atoms with E-state index < -0.39 is 0 Å². The third kappa shape index (κ3) is 2.52. The molecule has 0 heterocycles. The lowest BCUT2D eigenvalue weighted by Crippen LogP contribution is -2.36. The monoisotopic (exact) mass is 155 g/mol. The molecule has 0 saturated heterocycles. The highest BCUT2D eigenvalue weighted by molar-refractivity contribution is 5.78. The van der Waals surface area contributed by atoms with Gasteiger partial charge in [-0.05, 0) is 25.7 Å².